The number of fused-ring (bicyclic) bond motifs is 1. The second kappa shape index (κ2) is 8.01. The highest BCUT2D eigenvalue weighted by molar-refractivity contribution is 5.96. The molecule has 2 heterocycles. The number of ether oxygens (including phenoxy) is 2. The maximum absolute atomic E-state index is 12.1. The van der Waals surface area contributed by atoms with E-state index in [-0.39, 0.29) is 25.5 Å². The predicted molar refractivity (Wildman–Crippen MR) is 101 cm³/mol. The van der Waals surface area contributed by atoms with Crippen molar-refractivity contribution in [3.8, 4) is 23.0 Å². The van der Waals surface area contributed by atoms with E-state index in [0.29, 0.717) is 28.8 Å². The first-order valence-corrected chi connectivity index (χ1v) is 8.97. The van der Waals surface area contributed by atoms with Crippen molar-refractivity contribution in [3.63, 3.8) is 0 Å². The Hall–Kier alpha value is -3.88. The first-order valence-electron chi connectivity index (χ1n) is 8.97. The van der Waals surface area contributed by atoms with Gasteiger partial charge in [-0.25, -0.2) is 0 Å². The highest BCUT2D eigenvalue weighted by Gasteiger charge is 2.17. The fourth-order valence-electron chi connectivity index (χ4n) is 2.69. The van der Waals surface area contributed by atoms with Gasteiger partial charge in [0, 0.05) is 24.0 Å². The molecule has 3 aromatic rings. The summed E-state index contributed by atoms with van der Waals surface area (Å²) in [7, 11) is 0. The van der Waals surface area contributed by atoms with Crippen LogP contribution in [0.2, 0.25) is 0 Å². The first kappa shape index (κ1) is 18.5. The molecule has 29 heavy (non-hydrogen) atoms. The summed E-state index contributed by atoms with van der Waals surface area (Å²) in [6.07, 6.45) is 0.335. The van der Waals surface area contributed by atoms with Gasteiger partial charge < -0.3 is 13.9 Å². The van der Waals surface area contributed by atoms with Crippen molar-refractivity contribution >= 4 is 11.8 Å². The maximum Gasteiger partial charge on any atom is 0.269 e. The number of hydrogen-bond donors (Lipinski definition) is 2. The standard InChI is InChI=1S/C20H18N4O5/c1-12-2-4-13(5-3-12)20-24-22-18(29-20)9-8-17(25)21-23-19(26)14-6-7-15-16(10-14)28-11-27-15/h2-7,10H,8-9,11H2,1H3,(H,21,25)(H,23,26). The normalized spacial score (nSPS) is 11.9. The van der Waals surface area contributed by atoms with Crippen molar-refractivity contribution in [2.24, 2.45) is 0 Å². The Labute approximate surface area is 166 Å². The van der Waals surface area contributed by atoms with Gasteiger partial charge in [-0.3, -0.25) is 20.4 Å². The molecule has 0 atom stereocenters. The third kappa shape index (κ3) is 4.34. The molecular formula is C20H18N4O5. The summed E-state index contributed by atoms with van der Waals surface area (Å²) in [5.74, 6) is 0.972. The summed E-state index contributed by atoms with van der Waals surface area (Å²) >= 11 is 0. The van der Waals surface area contributed by atoms with Crippen LogP contribution in [0.1, 0.15) is 28.2 Å². The number of amides is 2. The van der Waals surface area contributed by atoms with E-state index in [0.717, 1.165) is 11.1 Å². The van der Waals surface area contributed by atoms with Crippen molar-refractivity contribution in [2.75, 3.05) is 6.79 Å². The largest absolute Gasteiger partial charge is 0.454 e. The molecule has 0 radical (unpaired) electrons. The highest BCUT2D eigenvalue weighted by Crippen LogP contribution is 2.32. The molecule has 9 nitrogen and oxygen atoms in total. The third-order valence-corrected chi connectivity index (χ3v) is 4.28. The fraction of sp³-hybridized carbons (Fsp3) is 0.200. The van der Waals surface area contributed by atoms with Crippen molar-refractivity contribution in [3.05, 3.63) is 59.5 Å². The number of rotatable bonds is 5. The number of benzene rings is 2. The number of aromatic nitrogens is 2. The Balaban J connectivity index is 1.26. The highest BCUT2D eigenvalue weighted by atomic mass is 16.7. The third-order valence-electron chi connectivity index (χ3n) is 4.28. The van der Waals surface area contributed by atoms with E-state index in [1.807, 2.05) is 31.2 Å². The SMILES string of the molecule is Cc1ccc(-c2nnc(CCC(=O)NNC(=O)c3ccc4c(c3)OCO4)o2)cc1. The van der Waals surface area contributed by atoms with Crippen LogP contribution in [0.5, 0.6) is 11.5 Å². The number of nitrogens with one attached hydrogen (secondary N) is 2. The van der Waals surface area contributed by atoms with Crippen LogP contribution in [-0.4, -0.2) is 28.8 Å². The Morgan fingerprint density at radius 3 is 2.62 bits per heavy atom. The van der Waals surface area contributed by atoms with Gasteiger partial charge in [0.2, 0.25) is 24.5 Å². The summed E-state index contributed by atoms with van der Waals surface area (Å²) in [5, 5.41) is 7.95. The zero-order chi connectivity index (χ0) is 20.2. The van der Waals surface area contributed by atoms with Gasteiger partial charge in [0.1, 0.15) is 0 Å². The summed E-state index contributed by atoms with van der Waals surface area (Å²) in [6, 6.07) is 12.5. The lowest BCUT2D eigenvalue weighted by Crippen LogP contribution is -2.41. The number of hydrogen-bond acceptors (Lipinski definition) is 7. The molecule has 2 aromatic carbocycles. The van der Waals surface area contributed by atoms with Crippen molar-refractivity contribution in [1.82, 2.24) is 21.0 Å². The molecule has 0 spiro atoms. The van der Waals surface area contributed by atoms with E-state index in [4.69, 9.17) is 13.9 Å². The molecule has 1 aromatic heterocycles. The van der Waals surface area contributed by atoms with Crippen LogP contribution < -0.4 is 20.3 Å². The molecule has 0 saturated heterocycles. The van der Waals surface area contributed by atoms with Gasteiger partial charge in [0.25, 0.3) is 5.91 Å². The van der Waals surface area contributed by atoms with Gasteiger partial charge in [-0.05, 0) is 37.3 Å². The minimum Gasteiger partial charge on any atom is -0.454 e. The van der Waals surface area contributed by atoms with Gasteiger partial charge in [0.15, 0.2) is 11.5 Å². The molecule has 2 N–H and O–H groups in total. The maximum atomic E-state index is 12.1. The Kier molecular flexibility index (Phi) is 5.10. The number of carbonyl (C=O) groups is 2. The van der Waals surface area contributed by atoms with Crippen LogP contribution in [-0.2, 0) is 11.2 Å². The molecule has 0 aliphatic carbocycles. The molecule has 0 fully saturated rings. The minimum absolute atomic E-state index is 0.0803. The van der Waals surface area contributed by atoms with Crippen LogP contribution in [0.25, 0.3) is 11.5 Å². The second-order valence-corrected chi connectivity index (χ2v) is 6.44. The van der Waals surface area contributed by atoms with Gasteiger partial charge in [-0.15, -0.1) is 10.2 Å². The van der Waals surface area contributed by atoms with Gasteiger partial charge in [-0.2, -0.15) is 0 Å². The molecule has 2 amide bonds. The van der Waals surface area contributed by atoms with Crippen LogP contribution in [0.3, 0.4) is 0 Å². The zero-order valence-corrected chi connectivity index (χ0v) is 15.6. The van der Waals surface area contributed by atoms with E-state index in [9.17, 15) is 9.59 Å². The van der Waals surface area contributed by atoms with E-state index in [1.54, 1.807) is 18.2 Å². The monoisotopic (exact) mass is 394 g/mol. The van der Waals surface area contributed by atoms with Gasteiger partial charge >= 0.3 is 0 Å². The summed E-state index contributed by atoms with van der Waals surface area (Å²) in [4.78, 5) is 24.1. The summed E-state index contributed by atoms with van der Waals surface area (Å²) < 4.78 is 16.0. The lowest BCUT2D eigenvalue weighted by Gasteiger charge is -2.07. The van der Waals surface area contributed by atoms with Crippen molar-refractivity contribution in [1.29, 1.82) is 0 Å². The quantitative estimate of drug-likeness (QED) is 0.637. The molecule has 1 aliphatic heterocycles. The van der Waals surface area contributed by atoms with Crippen LogP contribution in [0, 0.1) is 6.92 Å². The van der Waals surface area contributed by atoms with Crippen LogP contribution in [0.4, 0.5) is 0 Å². The number of nitrogens with zero attached hydrogens (tertiary/aromatic N) is 2. The Bertz CT molecular complexity index is 1050. The lowest BCUT2D eigenvalue weighted by molar-refractivity contribution is -0.121. The molecule has 148 valence electrons. The molecule has 0 saturated carbocycles. The predicted octanol–water partition coefficient (Wildman–Crippen LogP) is 2.17. The molecular weight excluding hydrogens is 376 g/mol. The number of aryl methyl sites for hydroxylation is 2. The molecule has 0 unspecified atom stereocenters. The topological polar surface area (TPSA) is 116 Å². The van der Waals surface area contributed by atoms with Crippen LogP contribution >= 0.6 is 0 Å². The van der Waals surface area contributed by atoms with Crippen molar-refractivity contribution < 1.29 is 23.5 Å². The average molecular weight is 394 g/mol. The van der Waals surface area contributed by atoms with E-state index in [2.05, 4.69) is 21.0 Å². The Morgan fingerprint density at radius 1 is 1.00 bits per heavy atom. The van der Waals surface area contributed by atoms with E-state index in [1.165, 1.54) is 0 Å². The molecule has 0 bridgehead atoms. The Morgan fingerprint density at radius 2 is 1.79 bits per heavy atom. The molecule has 9 heteroatoms. The summed E-state index contributed by atoms with van der Waals surface area (Å²) in [5.41, 5.74) is 7.01. The van der Waals surface area contributed by atoms with E-state index < -0.39 is 5.91 Å². The smallest absolute Gasteiger partial charge is 0.269 e. The number of carbonyl (C=O) groups excluding carboxylic acids is 2. The van der Waals surface area contributed by atoms with Gasteiger partial charge in [-0.1, -0.05) is 17.7 Å². The number of hydrazine groups is 1. The fourth-order valence-corrected chi connectivity index (χ4v) is 2.69. The summed E-state index contributed by atoms with van der Waals surface area (Å²) in [6.45, 7) is 2.12. The van der Waals surface area contributed by atoms with E-state index >= 15 is 0 Å². The van der Waals surface area contributed by atoms with Crippen LogP contribution in [0.15, 0.2) is 46.9 Å². The van der Waals surface area contributed by atoms with Crippen molar-refractivity contribution in [2.45, 2.75) is 19.8 Å². The molecule has 1 aliphatic rings. The zero-order valence-electron chi connectivity index (χ0n) is 15.6. The second-order valence-electron chi connectivity index (χ2n) is 6.44. The first-order chi connectivity index (χ1) is 14.1. The minimum atomic E-state index is -0.462. The average Bonchev–Trinajstić information content (AvgIpc) is 3.40. The molecule has 4 rings (SSSR count). The van der Waals surface area contributed by atoms with Gasteiger partial charge in [0.05, 0.1) is 0 Å². The lowest BCUT2D eigenvalue weighted by atomic mass is 10.1.